The number of amides is 1. The quantitative estimate of drug-likeness (QED) is 0.805. The first-order valence-electron chi connectivity index (χ1n) is 8.48. The number of hydrogen-bond donors (Lipinski definition) is 2. The van der Waals surface area contributed by atoms with Crippen LogP contribution in [0.2, 0.25) is 0 Å². The molecule has 0 radical (unpaired) electrons. The zero-order valence-electron chi connectivity index (χ0n) is 14.6. The lowest BCUT2D eigenvalue weighted by molar-refractivity contribution is -0.137. The molecule has 2 rings (SSSR count). The zero-order valence-corrected chi connectivity index (χ0v) is 15.5. The molecule has 2 N–H and O–H groups in total. The Morgan fingerprint density at radius 2 is 1.77 bits per heavy atom. The first kappa shape index (κ1) is 20.7. The molecule has 26 heavy (non-hydrogen) atoms. The summed E-state index contributed by atoms with van der Waals surface area (Å²) < 4.78 is 64.6. The third-order valence-corrected chi connectivity index (χ3v) is 6.41. The van der Waals surface area contributed by atoms with E-state index in [9.17, 15) is 26.4 Å². The van der Waals surface area contributed by atoms with Crippen molar-refractivity contribution in [2.45, 2.75) is 57.0 Å². The number of anilines is 1. The molecule has 0 spiro atoms. The average Bonchev–Trinajstić information content (AvgIpc) is 2.54. The first-order valence-corrected chi connectivity index (χ1v) is 10.0. The second-order valence-corrected chi connectivity index (χ2v) is 9.10. The number of nitrogens with one attached hydrogen (secondary N) is 2. The van der Waals surface area contributed by atoms with Gasteiger partial charge in [-0.1, -0.05) is 6.07 Å². The zero-order chi connectivity index (χ0) is 19.5. The van der Waals surface area contributed by atoms with Gasteiger partial charge in [-0.2, -0.15) is 13.2 Å². The maximum Gasteiger partial charge on any atom is 0.416 e. The number of carbonyl (C=O) groups is 1. The minimum atomic E-state index is -4.47. The molecule has 0 atom stereocenters. The normalized spacial score (nSPS) is 21.6. The number of hydrogen-bond acceptors (Lipinski definition) is 3. The van der Waals surface area contributed by atoms with Gasteiger partial charge in [-0.3, -0.25) is 4.79 Å². The van der Waals surface area contributed by atoms with Crippen molar-refractivity contribution in [3.8, 4) is 0 Å². The SMILES string of the molecule is CC(C)S(=O)(=O)NC1CCC(C(=O)Nc2cccc(C(F)(F)F)c2)CC1. The predicted molar refractivity (Wildman–Crippen MR) is 93.0 cm³/mol. The molecular weight excluding hydrogens is 369 g/mol. The molecule has 1 aliphatic carbocycles. The van der Waals surface area contributed by atoms with Gasteiger partial charge >= 0.3 is 6.18 Å². The maximum absolute atomic E-state index is 12.7. The van der Waals surface area contributed by atoms with Crippen LogP contribution >= 0.6 is 0 Å². The summed E-state index contributed by atoms with van der Waals surface area (Å²) in [6, 6.07) is 4.30. The molecule has 1 fully saturated rings. The second kappa shape index (κ2) is 7.96. The lowest BCUT2D eigenvalue weighted by Crippen LogP contribution is -2.42. The number of rotatable bonds is 5. The first-order chi connectivity index (χ1) is 12.0. The Morgan fingerprint density at radius 1 is 1.15 bits per heavy atom. The van der Waals surface area contributed by atoms with E-state index in [1.165, 1.54) is 12.1 Å². The smallest absolute Gasteiger partial charge is 0.326 e. The van der Waals surface area contributed by atoms with E-state index in [1.54, 1.807) is 13.8 Å². The van der Waals surface area contributed by atoms with Crippen molar-refractivity contribution in [1.29, 1.82) is 0 Å². The Labute approximate surface area is 151 Å². The van der Waals surface area contributed by atoms with Crippen LogP contribution in [-0.4, -0.2) is 25.6 Å². The van der Waals surface area contributed by atoms with E-state index in [1.807, 2.05) is 0 Å². The summed E-state index contributed by atoms with van der Waals surface area (Å²) in [5.74, 6) is -0.682. The van der Waals surface area contributed by atoms with Gasteiger partial charge in [-0.05, 0) is 57.7 Å². The van der Waals surface area contributed by atoms with Gasteiger partial charge in [0.1, 0.15) is 0 Å². The molecular formula is C17H23F3N2O3S. The Kier molecular flexibility index (Phi) is 6.33. The fourth-order valence-corrected chi connectivity index (χ4v) is 3.83. The van der Waals surface area contributed by atoms with Crippen LogP contribution in [0, 0.1) is 5.92 Å². The van der Waals surface area contributed by atoms with E-state index >= 15 is 0 Å². The summed E-state index contributed by atoms with van der Waals surface area (Å²) >= 11 is 0. The number of halogens is 3. The molecule has 1 aromatic rings. The molecule has 0 aliphatic heterocycles. The monoisotopic (exact) mass is 392 g/mol. The lowest BCUT2D eigenvalue weighted by atomic mass is 9.86. The summed E-state index contributed by atoms with van der Waals surface area (Å²) in [6.45, 7) is 3.19. The van der Waals surface area contributed by atoms with E-state index < -0.39 is 27.0 Å². The largest absolute Gasteiger partial charge is 0.416 e. The minimum Gasteiger partial charge on any atom is -0.326 e. The topological polar surface area (TPSA) is 75.3 Å². The highest BCUT2D eigenvalue weighted by Crippen LogP contribution is 2.31. The van der Waals surface area contributed by atoms with Gasteiger partial charge in [0.25, 0.3) is 0 Å². The van der Waals surface area contributed by atoms with E-state index in [4.69, 9.17) is 0 Å². The molecule has 1 amide bonds. The van der Waals surface area contributed by atoms with E-state index in [2.05, 4.69) is 10.0 Å². The van der Waals surface area contributed by atoms with Gasteiger partial charge in [-0.15, -0.1) is 0 Å². The van der Waals surface area contributed by atoms with Crippen LogP contribution in [0.25, 0.3) is 0 Å². The Morgan fingerprint density at radius 3 is 2.31 bits per heavy atom. The molecule has 1 aromatic carbocycles. The van der Waals surface area contributed by atoms with Gasteiger partial charge < -0.3 is 5.32 Å². The highest BCUT2D eigenvalue weighted by Gasteiger charge is 2.32. The van der Waals surface area contributed by atoms with Crippen molar-refractivity contribution in [2.24, 2.45) is 5.92 Å². The van der Waals surface area contributed by atoms with Crippen LogP contribution in [0.4, 0.5) is 18.9 Å². The van der Waals surface area contributed by atoms with Gasteiger partial charge in [0.2, 0.25) is 15.9 Å². The highest BCUT2D eigenvalue weighted by atomic mass is 32.2. The summed E-state index contributed by atoms with van der Waals surface area (Å²) in [4.78, 5) is 12.3. The summed E-state index contributed by atoms with van der Waals surface area (Å²) in [7, 11) is -3.36. The van der Waals surface area contributed by atoms with Crippen LogP contribution < -0.4 is 10.0 Å². The fraction of sp³-hybridized carbons (Fsp3) is 0.588. The number of alkyl halides is 3. The molecule has 9 heteroatoms. The Balaban J connectivity index is 1.91. The third-order valence-electron chi connectivity index (χ3n) is 4.51. The highest BCUT2D eigenvalue weighted by molar-refractivity contribution is 7.90. The van der Waals surface area contributed by atoms with Crippen molar-refractivity contribution in [2.75, 3.05) is 5.32 Å². The van der Waals surface area contributed by atoms with Crippen molar-refractivity contribution >= 4 is 21.6 Å². The van der Waals surface area contributed by atoms with Crippen LogP contribution in [-0.2, 0) is 21.0 Å². The second-order valence-electron chi connectivity index (χ2n) is 6.83. The minimum absolute atomic E-state index is 0.104. The fourth-order valence-electron chi connectivity index (χ4n) is 2.86. The molecule has 0 heterocycles. The number of sulfonamides is 1. The molecule has 5 nitrogen and oxygen atoms in total. The summed E-state index contributed by atoms with van der Waals surface area (Å²) in [5.41, 5.74) is -0.713. The maximum atomic E-state index is 12.7. The van der Waals surface area contributed by atoms with Crippen molar-refractivity contribution in [3.63, 3.8) is 0 Å². The molecule has 0 unspecified atom stereocenters. The lowest BCUT2D eigenvalue weighted by Gasteiger charge is -2.28. The number of benzene rings is 1. The summed E-state index contributed by atoms with van der Waals surface area (Å²) in [6.07, 6.45) is -2.46. The van der Waals surface area contributed by atoms with Crippen molar-refractivity contribution < 1.29 is 26.4 Å². The Bertz CT molecular complexity index is 740. The molecule has 1 saturated carbocycles. The van der Waals surface area contributed by atoms with E-state index in [0.717, 1.165) is 12.1 Å². The van der Waals surface area contributed by atoms with E-state index in [-0.39, 0.29) is 23.6 Å². The predicted octanol–water partition coefficient (Wildman–Crippen LogP) is 3.53. The van der Waals surface area contributed by atoms with Crippen LogP contribution in [0.3, 0.4) is 0 Å². The molecule has 146 valence electrons. The van der Waals surface area contributed by atoms with Crippen LogP contribution in [0.1, 0.15) is 45.1 Å². The van der Waals surface area contributed by atoms with Crippen molar-refractivity contribution in [1.82, 2.24) is 4.72 Å². The molecule has 0 aromatic heterocycles. The van der Waals surface area contributed by atoms with Gasteiger partial charge in [0, 0.05) is 17.6 Å². The van der Waals surface area contributed by atoms with Crippen LogP contribution in [0.5, 0.6) is 0 Å². The molecule has 1 aliphatic rings. The Hall–Kier alpha value is -1.61. The van der Waals surface area contributed by atoms with Gasteiger partial charge in [0.05, 0.1) is 10.8 Å². The molecule has 0 saturated heterocycles. The summed E-state index contributed by atoms with van der Waals surface area (Å²) in [5, 5.41) is 2.00. The average molecular weight is 392 g/mol. The van der Waals surface area contributed by atoms with Crippen molar-refractivity contribution in [3.05, 3.63) is 29.8 Å². The van der Waals surface area contributed by atoms with Gasteiger partial charge in [-0.25, -0.2) is 13.1 Å². The molecule has 0 bridgehead atoms. The number of carbonyl (C=O) groups excluding carboxylic acids is 1. The standard InChI is InChI=1S/C17H23F3N2O3S/c1-11(2)26(24,25)22-14-8-6-12(7-9-14)16(23)21-15-5-3-4-13(10-15)17(18,19)20/h3-5,10-12,14,22H,6-9H2,1-2H3,(H,21,23). The van der Waals surface area contributed by atoms with Gasteiger partial charge in [0.15, 0.2) is 0 Å². The third kappa shape index (κ3) is 5.44. The van der Waals surface area contributed by atoms with Crippen LogP contribution in [0.15, 0.2) is 24.3 Å². The van der Waals surface area contributed by atoms with E-state index in [0.29, 0.717) is 25.7 Å².